The van der Waals surface area contributed by atoms with Crippen LogP contribution >= 0.6 is 0 Å². The molecule has 1 aliphatic carbocycles. The molecule has 1 saturated carbocycles. The van der Waals surface area contributed by atoms with Gasteiger partial charge in [-0.25, -0.2) is 4.39 Å². The van der Waals surface area contributed by atoms with Gasteiger partial charge in [0.05, 0.1) is 44.0 Å². The highest BCUT2D eigenvalue weighted by atomic mass is 19.1. The van der Waals surface area contributed by atoms with E-state index in [9.17, 15) is 18.8 Å². The summed E-state index contributed by atoms with van der Waals surface area (Å²) in [6.07, 6.45) is 1.52. The standard InChI is InChI=1S/C25H23FN2O6/c1-32-16-7-9-17(10-8-16)34-14-18-22(23(18)25(31)33-2)24(30)27-20-11-6-15(13-19(20)26)28-12-4-3-5-21(28)29/h3-13,18,22-23H,14H2,1-2H3,(H,27,30). The van der Waals surface area contributed by atoms with Gasteiger partial charge < -0.3 is 19.5 Å². The summed E-state index contributed by atoms with van der Waals surface area (Å²) >= 11 is 0. The highest BCUT2D eigenvalue weighted by molar-refractivity contribution is 5.99. The Hall–Kier alpha value is -4.14. The van der Waals surface area contributed by atoms with E-state index in [0.29, 0.717) is 17.2 Å². The normalized spacial score (nSPS) is 18.6. The van der Waals surface area contributed by atoms with Crippen LogP contribution in [0.15, 0.2) is 71.7 Å². The molecule has 8 nitrogen and oxygen atoms in total. The first-order chi connectivity index (χ1) is 16.4. The molecule has 1 amide bonds. The smallest absolute Gasteiger partial charge is 0.309 e. The molecule has 2 aromatic carbocycles. The van der Waals surface area contributed by atoms with E-state index in [0.717, 1.165) is 6.07 Å². The zero-order chi connectivity index (χ0) is 24.2. The van der Waals surface area contributed by atoms with Crippen LogP contribution in [0.4, 0.5) is 10.1 Å². The lowest BCUT2D eigenvalue weighted by Crippen LogP contribution is -2.19. The lowest BCUT2D eigenvalue weighted by molar-refractivity contribution is -0.143. The van der Waals surface area contributed by atoms with Gasteiger partial charge in [0.2, 0.25) is 5.91 Å². The zero-order valence-electron chi connectivity index (χ0n) is 18.6. The Balaban J connectivity index is 1.44. The van der Waals surface area contributed by atoms with Crippen molar-refractivity contribution in [1.29, 1.82) is 0 Å². The molecule has 3 unspecified atom stereocenters. The van der Waals surface area contributed by atoms with E-state index in [2.05, 4.69) is 5.32 Å². The molecule has 1 fully saturated rings. The summed E-state index contributed by atoms with van der Waals surface area (Å²) in [5, 5.41) is 2.54. The molecule has 3 aromatic rings. The maximum atomic E-state index is 14.7. The number of ether oxygens (including phenoxy) is 3. The van der Waals surface area contributed by atoms with Crippen molar-refractivity contribution in [3.63, 3.8) is 0 Å². The van der Waals surface area contributed by atoms with Gasteiger partial charge >= 0.3 is 5.97 Å². The second-order valence-electron chi connectivity index (χ2n) is 7.79. The molecule has 1 N–H and O–H groups in total. The molecule has 0 spiro atoms. The number of nitrogens with one attached hydrogen (secondary N) is 1. The van der Waals surface area contributed by atoms with Crippen LogP contribution in [-0.2, 0) is 14.3 Å². The quantitative estimate of drug-likeness (QED) is 0.513. The van der Waals surface area contributed by atoms with E-state index in [1.165, 1.54) is 36.1 Å². The number of anilines is 1. The van der Waals surface area contributed by atoms with Gasteiger partial charge in [0.1, 0.15) is 17.3 Å². The number of pyridine rings is 1. The molecule has 4 rings (SSSR count). The number of carbonyl (C=O) groups excluding carboxylic acids is 2. The maximum Gasteiger partial charge on any atom is 0.309 e. The molecule has 0 bridgehead atoms. The van der Waals surface area contributed by atoms with Crippen LogP contribution in [0.2, 0.25) is 0 Å². The van der Waals surface area contributed by atoms with Gasteiger partial charge in [0.25, 0.3) is 5.56 Å². The predicted octanol–water partition coefficient (Wildman–Crippen LogP) is 3.04. The third-order valence-corrected chi connectivity index (χ3v) is 5.76. The second-order valence-corrected chi connectivity index (χ2v) is 7.79. The average Bonchev–Trinajstić information content (AvgIpc) is 3.58. The Kier molecular flexibility index (Phi) is 6.62. The van der Waals surface area contributed by atoms with Crippen LogP contribution in [-0.4, -0.2) is 37.3 Å². The Morgan fingerprint density at radius 2 is 1.74 bits per heavy atom. The third kappa shape index (κ3) is 4.78. The van der Waals surface area contributed by atoms with Gasteiger partial charge in [-0.1, -0.05) is 6.07 Å². The van der Waals surface area contributed by atoms with Crippen LogP contribution in [0.25, 0.3) is 5.69 Å². The van der Waals surface area contributed by atoms with Gasteiger partial charge in [0, 0.05) is 24.2 Å². The summed E-state index contributed by atoms with van der Waals surface area (Å²) in [5.74, 6) is -2.33. The first kappa shape index (κ1) is 23.0. The highest BCUT2D eigenvalue weighted by Gasteiger charge is 2.60. The summed E-state index contributed by atoms with van der Waals surface area (Å²) in [5.41, 5.74) is -0.0360. The van der Waals surface area contributed by atoms with E-state index in [1.807, 2.05) is 0 Å². The van der Waals surface area contributed by atoms with Crippen LogP contribution in [0.1, 0.15) is 0 Å². The number of nitrogens with zero attached hydrogens (tertiary/aromatic N) is 1. The van der Waals surface area contributed by atoms with Crippen molar-refractivity contribution in [3.05, 3.63) is 83.0 Å². The van der Waals surface area contributed by atoms with E-state index < -0.39 is 35.4 Å². The second kappa shape index (κ2) is 9.78. The van der Waals surface area contributed by atoms with Gasteiger partial charge in [-0.15, -0.1) is 0 Å². The molecular formula is C25H23FN2O6. The van der Waals surface area contributed by atoms with Gasteiger partial charge in [-0.05, 0) is 42.5 Å². The fourth-order valence-corrected chi connectivity index (χ4v) is 3.87. The summed E-state index contributed by atoms with van der Waals surface area (Å²) in [6, 6.07) is 15.6. The monoisotopic (exact) mass is 466 g/mol. The van der Waals surface area contributed by atoms with Crippen LogP contribution in [0, 0.1) is 23.6 Å². The highest BCUT2D eigenvalue weighted by Crippen LogP contribution is 2.48. The van der Waals surface area contributed by atoms with Crippen molar-refractivity contribution < 1.29 is 28.2 Å². The molecule has 0 aliphatic heterocycles. The van der Waals surface area contributed by atoms with Crippen LogP contribution < -0.4 is 20.3 Å². The zero-order valence-corrected chi connectivity index (χ0v) is 18.6. The van der Waals surface area contributed by atoms with Crippen LogP contribution in [0.5, 0.6) is 11.5 Å². The average molecular weight is 466 g/mol. The Bertz CT molecular complexity index is 1260. The first-order valence-electron chi connectivity index (χ1n) is 10.6. The Labute approximate surface area is 194 Å². The van der Waals surface area contributed by atoms with Crippen molar-refractivity contribution in [2.45, 2.75) is 0 Å². The SMILES string of the molecule is COC(=O)C1C(COc2ccc(OC)cc2)C1C(=O)Nc1ccc(-n2ccccc2=O)cc1F. The van der Waals surface area contributed by atoms with Crippen molar-refractivity contribution in [3.8, 4) is 17.2 Å². The third-order valence-electron chi connectivity index (χ3n) is 5.76. The summed E-state index contributed by atoms with van der Waals surface area (Å²) in [6.45, 7) is 0.114. The number of rotatable bonds is 8. The van der Waals surface area contributed by atoms with Gasteiger partial charge in [-0.2, -0.15) is 0 Å². The molecule has 9 heteroatoms. The number of hydrogen-bond donors (Lipinski definition) is 1. The fourth-order valence-electron chi connectivity index (χ4n) is 3.87. The summed E-state index contributed by atoms with van der Waals surface area (Å²) in [4.78, 5) is 37.0. The number of esters is 1. The Morgan fingerprint density at radius 1 is 1.00 bits per heavy atom. The summed E-state index contributed by atoms with van der Waals surface area (Å²) < 4.78 is 31.7. The summed E-state index contributed by atoms with van der Waals surface area (Å²) in [7, 11) is 2.81. The number of amides is 1. The number of halogens is 1. The molecule has 1 aliphatic rings. The van der Waals surface area contributed by atoms with Crippen molar-refractivity contribution in [2.75, 3.05) is 26.1 Å². The number of aromatic nitrogens is 1. The largest absolute Gasteiger partial charge is 0.497 e. The van der Waals surface area contributed by atoms with E-state index in [-0.39, 0.29) is 17.9 Å². The molecule has 3 atom stereocenters. The molecule has 1 aromatic heterocycles. The van der Waals surface area contributed by atoms with E-state index in [1.54, 1.807) is 43.5 Å². The first-order valence-corrected chi connectivity index (χ1v) is 10.6. The number of methoxy groups -OCH3 is 2. The molecule has 34 heavy (non-hydrogen) atoms. The van der Waals surface area contributed by atoms with Crippen molar-refractivity contribution in [2.24, 2.45) is 17.8 Å². The van der Waals surface area contributed by atoms with Crippen LogP contribution in [0.3, 0.4) is 0 Å². The van der Waals surface area contributed by atoms with Gasteiger partial charge in [-0.3, -0.25) is 19.0 Å². The molecular weight excluding hydrogens is 443 g/mol. The lowest BCUT2D eigenvalue weighted by Gasteiger charge is -2.10. The molecule has 1 heterocycles. The number of carbonyl (C=O) groups is 2. The predicted molar refractivity (Wildman–Crippen MR) is 122 cm³/mol. The van der Waals surface area contributed by atoms with E-state index >= 15 is 0 Å². The minimum Gasteiger partial charge on any atom is -0.497 e. The molecule has 0 saturated heterocycles. The number of benzene rings is 2. The topological polar surface area (TPSA) is 95.9 Å². The maximum absolute atomic E-state index is 14.7. The molecule has 0 radical (unpaired) electrons. The van der Waals surface area contributed by atoms with Crippen molar-refractivity contribution in [1.82, 2.24) is 4.57 Å². The lowest BCUT2D eigenvalue weighted by atomic mass is 10.2. The fraction of sp³-hybridized carbons (Fsp3) is 0.240. The minimum absolute atomic E-state index is 0.0527. The minimum atomic E-state index is -0.721. The number of hydrogen-bond acceptors (Lipinski definition) is 6. The Morgan fingerprint density at radius 3 is 2.38 bits per heavy atom. The van der Waals surface area contributed by atoms with Gasteiger partial charge in [0.15, 0.2) is 0 Å². The van der Waals surface area contributed by atoms with E-state index in [4.69, 9.17) is 14.2 Å². The van der Waals surface area contributed by atoms with Crippen molar-refractivity contribution >= 4 is 17.6 Å². The molecule has 176 valence electrons.